The molecule has 4 heteroatoms. The molecular weight excluding hydrogens is 271 g/mol. The summed E-state index contributed by atoms with van der Waals surface area (Å²) in [5.41, 5.74) is 1.22. The van der Waals surface area contributed by atoms with Crippen LogP contribution in [-0.4, -0.2) is 11.5 Å². The van der Waals surface area contributed by atoms with Gasteiger partial charge < -0.3 is 5.32 Å². The second-order valence-electron chi connectivity index (χ2n) is 4.66. The molecule has 1 atom stereocenters. The summed E-state index contributed by atoms with van der Waals surface area (Å²) in [6.45, 7) is 5.31. The number of nitrogens with one attached hydrogen (secondary N) is 1. The summed E-state index contributed by atoms with van der Waals surface area (Å²) in [7, 11) is 0. The molecular formula is C16H19FN2S. The first kappa shape index (κ1) is 15.0. The van der Waals surface area contributed by atoms with Crippen molar-refractivity contribution in [2.75, 3.05) is 6.54 Å². The Morgan fingerprint density at radius 2 is 2.00 bits per heavy atom. The summed E-state index contributed by atoms with van der Waals surface area (Å²) >= 11 is 1.55. The second kappa shape index (κ2) is 7.41. The van der Waals surface area contributed by atoms with Gasteiger partial charge in [-0.2, -0.15) is 0 Å². The quantitative estimate of drug-likeness (QED) is 0.851. The Morgan fingerprint density at radius 1 is 1.25 bits per heavy atom. The second-order valence-corrected chi connectivity index (χ2v) is 5.75. The lowest BCUT2D eigenvalue weighted by Crippen LogP contribution is -2.19. The van der Waals surface area contributed by atoms with Crippen LogP contribution in [0.2, 0.25) is 0 Å². The first-order valence-corrected chi connectivity index (χ1v) is 7.63. The third-order valence-corrected chi connectivity index (χ3v) is 3.94. The van der Waals surface area contributed by atoms with Crippen molar-refractivity contribution in [1.29, 1.82) is 0 Å². The summed E-state index contributed by atoms with van der Waals surface area (Å²) in [4.78, 5) is 5.35. The lowest BCUT2D eigenvalue weighted by Gasteiger charge is -2.14. The number of hydrogen-bond donors (Lipinski definition) is 1. The molecule has 1 heterocycles. The van der Waals surface area contributed by atoms with Crippen LogP contribution in [0.4, 0.5) is 4.39 Å². The van der Waals surface area contributed by atoms with Crippen LogP contribution in [0.5, 0.6) is 0 Å². The van der Waals surface area contributed by atoms with Crippen LogP contribution in [0, 0.1) is 5.82 Å². The van der Waals surface area contributed by atoms with Crippen molar-refractivity contribution >= 4 is 11.8 Å². The molecule has 1 aromatic carbocycles. The molecule has 1 aromatic heterocycles. The molecule has 2 rings (SSSR count). The highest BCUT2D eigenvalue weighted by Crippen LogP contribution is 2.27. The van der Waals surface area contributed by atoms with E-state index in [0.29, 0.717) is 6.04 Å². The van der Waals surface area contributed by atoms with E-state index in [1.807, 2.05) is 12.3 Å². The third kappa shape index (κ3) is 4.32. The molecule has 2 nitrogen and oxygen atoms in total. The maximum atomic E-state index is 12.9. The van der Waals surface area contributed by atoms with Gasteiger partial charge >= 0.3 is 0 Å². The normalized spacial score (nSPS) is 12.3. The number of hydrogen-bond acceptors (Lipinski definition) is 3. The van der Waals surface area contributed by atoms with Crippen molar-refractivity contribution in [2.45, 2.75) is 36.2 Å². The Morgan fingerprint density at radius 3 is 2.70 bits per heavy atom. The zero-order valence-electron chi connectivity index (χ0n) is 11.8. The molecule has 20 heavy (non-hydrogen) atoms. The highest BCUT2D eigenvalue weighted by atomic mass is 32.2. The van der Waals surface area contributed by atoms with Crippen molar-refractivity contribution in [3.63, 3.8) is 0 Å². The third-order valence-electron chi connectivity index (χ3n) is 3.00. The molecule has 106 valence electrons. The van der Waals surface area contributed by atoms with Crippen molar-refractivity contribution in [3.05, 3.63) is 54.0 Å². The molecule has 0 saturated heterocycles. The maximum Gasteiger partial charge on any atom is 0.123 e. The summed E-state index contributed by atoms with van der Waals surface area (Å²) in [5, 5.41) is 4.39. The molecule has 0 aliphatic rings. The SMILES string of the molecule is CCCNC(C)c1ccnc(Sc2ccc(F)cc2)c1. The molecule has 0 radical (unpaired) electrons. The van der Waals surface area contributed by atoms with Crippen LogP contribution in [0.25, 0.3) is 0 Å². The van der Waals surface area contributed by atoms with Crippen LogP contribution in [-0.2, 0) is 0 Å². The van der Waals surface area contributed by atoms with E-state index >= 15 is 0 Å². The fraction of sp³-hybridized carbons (Fsp3) is 0.312. The molecule has 2 aromatic rings. The Labute approximate surface area is 123 Å². The standard InChI is InChI=1S/C16H19FN2S/c1-3-9-18-12(2)13-8-10-19-16(11-13)20-15-6-4-14(17)5-7-15/h4-8,10-12,18H,3,9H2,1-2H3. The topological polar surface area (TPSA) is 24.9 Å². The van der Waals surface area contributed by atoms with Gasteiger partial charge in [0.1, 0.15) is 10.8 Å². The van der Waals surface area contributed by atoms with E-state index in [2.05, 4.69) is 30.2 Å². The van der Waals surface area contributed by atoms with Gasteiger partial charge in [-0.25, -0.2) is 9.37 Å². The average Bonchev–Trinajstić information content (AvgIpc) is 2.47. The molecule has 0 aliphatic carbocycles. The smallest absolute Gasteiger partial charge is 0.123 e. The van der Waals surface area contributed by atoms with Gasteiger partial charge in [-0.3, -0.25) is 0 Å². The largest absolute Gasteiger partial charge is 0.310 e. The monoisotopic (exact) mass is 290 g/mol. The Kier molecular flexibility index (Phi) is 5.56. The Bertz CT molecular complexity index is 542. The van der Waals surface area contributed by atoms with Gasteiger partial charge in [0.2, 0.25) is 0 Å². The highest BCUT2D eigenvalue weighted by molar-refractivity contribution is 7.99. The number of aromatic nitrogens is 1. The van der Waals surface area contributed by atoms with Crippen molar-refractivity contribution in [2.24, 2.45) is 0 Å². The number of halogens is 1. The van der Waals surface area contributed by atoms with E-state index in [0.717, 1.165) is 22.9 Å². The van der Waals surface area contributed by atoms with Gasteiger partial charge in [-0.05, 0) is 61.9 Å². The minimum atomic E-state index is -0.214. The van der Waals surface area contributed by atoms with Crippen LogP contribution >= 0.6 is 11.8 Å². The Balaban J connectivity index is 2.07. The Hall–Kier alpha value is -1.39. The van der Waals surface area contributed by atoms with Gasteiger partial charge in [0, 0.05) is 17.1 Å². The molecule has 0 saturated carbocycles. The summed E-state index contributed by atoms with van der Waals surface area (Å²) in [6, 6.07) is 10.9. The van der Waals surface area contributed by atoms with Crippen molar-refractivity contribution < 1.29 is 4.39 Å². The minimum absolute atomic E-state index is 0.214. The number of rotatable bonds is 6. The van der Waals surface area contributed by atoms with Gasteiger partial charge in [-0.15, -0.1) is 0 Å². The lowest BCUT2D eigenvalue weighted by atomic mass is 10.1. The van der Waals surface area contributed by atoms with E-state index in [1.165, 1.54) is 17.7 Å². The molecule has 0 bridgehead atoms. The van der Waals surface area contributed by atoms with E-state index in [9.17, 15) is 4.39 Å². The number of nitrogens with zero attached hydrogens (tertiary/aromatic N) is 1. The molecule has 0 fully saturated rings. The minimum Gasteiger partial charge on any atom is -0.310 e. The molecule has 1 N–H and O–H groups in total. The van der Waals surface area contributed by atoms with Crippen LogP contribution in [0.3, 0.4) is 0 Å². The van der Waals surface area contributed by atoms with Gasteiger partial charge in [0.15, 0.2) is 0 Å². The molecule has 0 amide bonds. The van der Waals surface area contributed by atoms with Crippen LogP contribution in [0.15, 0.2) is 52.5 Å². The fourth-order valence-electron chi connectivity index (χ4n) is 1.85. The van der Waals surface area contributed by atoms with Crippen LogP contribution < -0.4 is 5.32 Å². The maximum absolute atomic E-state index is 12.9. The zero-order chi connectivity index (χ0) is 14.4. The van der Waals surface area contributed by atoms with Gasteiger partial charge in [0.25, 0.3) is 0 Å². The van der Waals surface area contributed by atoms with Gasteiger partial charge in [-0.1, -0.05) is 18.7 Å². The fourth-order valence-corrected chi connectivity index (χ4v) is 2.67. The molecule has 0 aliphatic heterocycles. The number of benzene rings is 1. The van der Waals surface area contributed by atoms with E-state index in [1.54, 1.807) is 23.9 Å². The van der Waals surface area contributed by atoms with Crippen molar-refractivity contribution in [1.82, 2.24) is 10.3 Å². The molecule has 0 spiro atoms. The van der Waals surface area contributed by atoms with Crippen molar-refractivity contribution in [3.8, 4) is 0 Å². The first-order valence-electron chi connectivity index (χ1n) is 6.82. The summed E-state index contributed by atoms with van der Waals surface area (Å²) in [6.07, 6.45) is 2.94. The number of pyridine rings is 1. The van der Waals surface area contributed by atoms with Crippen LogP contribution in [0.1, 0.15) is 31.9 Å². The van der Waals surface area contributed by atoms with E-state index < -0.39 is 0 Å². The van der Waals surface area contributed by atoms with E-state index in [-0.39, 0.29) is 5.82 Å². The molecule has 1 unspecified atom stereocenters. The highest BCUT2D eigenvalue weighted by Gasteiger charge is 2.06. The predicted molar refractivity (Wildman–Crippen MR) is 81.5 cm³/mol. The summed E-state index contributed by atoms with van der Waals surface area (Å²) in [5.74, 6) is -0.214. The first-order chi connectivity index (χ1) is 9.69. The lowest BCUT2D eigenvalue weighted by molar-refractivity contribution is 0.569. The zero-order valence-corrected chi connectivity index (χ0v) is 12.6. The average molecular weight is 290 g/mol. The van der Waals surface area contributed by atoms with E-state index in [4.69, 9.17) is 0 Å². The predicted octanol–water partition coefficient (Wildman–Crippen LogP) is 4.43. The van der Waals surface area contributed by atoms with Gasteiger partial charge in [0.05, 0.1) is 0 Å². The summed E-state index contributed by atoms with van der Waals surface area (Å²) < 4.78 is 12.9.